The summed E-state index contributed by atoms with van der Waals surface area (Å²) in [5.74, 6) is -0.822. The summed E-state index contributed by atoms with van der Waals surface area (Å²) in [5.41, 5.74) is -0.590. The zero-order valence-corrected chi connectivity index (χ0v) is 6.51. The maximum absolute atomic E-state index is 12.9. The Bertz CT molecular complexity index is 314. The number of nitrogens with zero attached hydrogens (tertiary/aromatic N) is 1. The van der Waals surface area contributed by atoms with Crippen LogP contribution in [0.15, 0.2) is 23.4 Å². The van der Waals surface area contributed by atoms with Gasteiger partial charge in [0.2, 0.25) is 6.43 Å². The minimum absolute atomic E-state index is 0.264. The van der Waals surface area contributed by atoms with E-state index in [1.807, 2.05) is 0 Å². The highest BCUT2D eigenvalue weighted by molar-refractivity contribution is 5.46. The van der Waals surface area contributed by atoms with E-state index < -0.39 is 18.7 Å². The Morgan fingerprint density at radius 3 is 2.62 bits per heavy atom. The number of hydrogen-bond donors (Lipinski definition) is 0. The van der Waals surface area contributed by atoms with Gasteiger partial charge in [-0.2, -0.15) is 0 Å². The molecule has 0 fully saturated rings. The Labute approximate surface area is 72.4 Å². The molecule has 0 atom stereocenters. The van der Waals surface area contributed by atoms with Crippen LogP contribution in [0.4, 0.5) is 18.9 Å². The average Bonchev–Trinajstić information content (AvgIpc) is 2.08. The first-order valence-electron chi connectivity index (χ1n) is 3.54. The summed E-state index contributed by atoms with van der Waals surface area (Å²) in [6.07, 6.45) is -3.47. The second-order valence-corrected chi connectivity index (χ2v) is 2.42. The number of alkyl halides is 2. The number of nitroso groups, excluding NO2 is 1. The van der Waals surface area contributed by atoms with Crippen LogP contribution in [0.25, 0.3) is 0 Å². The average molecular weight is 189 g/mol. The van der Waals surface area contributed by atoms with Gasteiger partial charge in [0, 0.05) is 12.0 Å². The molecule has 1 rings (SSSR count). The fourth-order valence-electron chi connectivity index (χ4n) is 0.989. The Kier molecular flexibility index (Phi) is 3.00. The van der Waals surface area contributed by atoms with Crippen molar-refractivity contribution < 1.29 is 13.2 Å². The molecule has 0 amide bonds. The standard InChI is InChI=1S/C8H6F3NO/c9-6-2-1-3-7(12-13)5(6)4-8(10)11/h1-3,8H,4H2. The van der Waals surface area contributed by atoms with Gasteiger partial charge in [-0.25, -0.2) is 13.2 Å². The van der Waals surface area contributed by atoms with E-state index in [1.54, 1.807) is 0 Å². The lowest BCUT2D eigenvalue weighted by atomic mass is 10.1. The molecular formula is C8H6F3NO. The van der Waals surface area contributed by atoms with Crippen molar-refractivity contribution >= 4 is 5.69 Å². The fraction of sp³-hybridized carbons (Fsp3) is 0.250. The van der Waals surface area contributed by atoms with Crippen LogP contribution in [0.2, 0.25) is 0 Å². The molecule has 0 N–H and O–H groups in total. The van der Waals surface area contributed by atoms with Crippen LogP contribution in [0.3, 0.4) is 0 Å². The van der Waals surface area contributed by atoms with E-state index >= 15 is 0 Å². The SMILES string of the molecule is O=Nc1cccc(F)c1CC(F)F. The highest BCUT2D eigenvalue weighted by atomic mass is 19.3. The maximum atomic E-state index is 12.9. The van der Waals surface area contributed by atoms with Gasteiger partial charge in [0.25, 0.3) is 0 Å². The predicted octanol–water partition coefficient (Wildman–Crippen LogP) is 3.03. The molecule has 0 aliphatic heterocycles. The van der Waals surface area contributed by atoms with Crippen LogP contribution in [0.1, 0.15) is 5.56 Å². The molecule has 0 radical (unpaired) electrons. The first kappa shape index (κ1) is 9.70. The van der Waals surface area contributed by atoms with Crippen molar-refractivity contribution in [3.63, 3.8) is 0 Å². The van der Waals surface area contributed by atoms with E-state index in [0.717, 1.165) is 6.07 Å². The normalized spacial score (nSPS) is 10.5. The molecule has 0 unspecified atom stereocenters. The number of hydrogen-bond acceptors (Lipinski definition) is 2. The molecule has 0 aromatic heterocycles. The van der Waals surface area contributed by atoms with Gasteiger partial charge < -0.3 is 0 Å². The van der Waals surface area contributed by atoms with Gasteiger partial charge in [-0.1, -0.05) is 6.07 Å². The smallest absolute Gasteiger partial charge is 0.210 e. The highest BCUT2D eigenvalue weighted by Gasteiger charge is 2.13. The monoisotopic (exact) mass is 189 g/mol. The summed E-state index contributed by atoms with van der Waals surface area (Å²) in [6.45, 7) is 0. The molecule has 70 valence electrons. The van der Waals surface area contributed by atoms with Crippen LogP contribution < -0.4 is 0 Å². The number of benzene rings is 1. The third-order valence-corrected chi connectivity index (χ3v) is 1.55. The largest absolute Gasteiger partial charge is 0.242 e. The Hall–Kier alpha value is -1.39. The Morgan fingerprint density at radius 2 is 2.08 bits per heavy atom. The molecule has 0 heterocycles. The molecule has 1 aromatic carbocycles. The van der Waals surface area contributed by atoms with Crippen LogP contribution in [-0.4, -0.2) is 6.43 Å². The van der Waals surface area contributed by atoms with E-state index in [1.165, 1.54) is 12.1 Å². The summed E-state index contributed by atoms with van der Waals surface area (Å²) < 4.78 is 36.7. The second kappa shape index (κ2) is 4.02. The fourth-order valence-corrected chi connectivity index (χ4v) is 0.989. The lowest BCUT2D eigenvalue weighted by molar-refractivity contribution is 0.148. The van der Waals surface area contributed by atoms with Gasteiger partial charge in [0.1, 0.15) is 11.5 Å². The lowest BCUT2D eigenvalue weighted by Gasteiger charge is -2.03. The molecule has 0 aliphatic carbocycles. The van der Waals surface area contributed by atoms with Crippen molar-refractivity contribution in [3.8, 4) is 0 Å². The molecule has 0 aliphatic rings. The molecule has 2 nitrogen and oxygen atoms in total. The lowest BCUT2D eigenvalue weighted by Crippen LogP contribution is -1.99. The Morgan fingerprint density at radius 1 is 1.38 bits per heavy atom. The topological polar surface area (TPSA) is 29.4 Å². The van der Waals surface area contributed by atoms with Crippen molar-refractivity contribution in [2.45, 2.75) is 12.8 Å². The summed E-state index contributed by atoms with van der Waals surface area (Å²) >= 11 is 0. The van der Waals surface area contributed by atoms with Crippen LogP contribution in [-0.2, 0) is 6.42 Å². The van der Waals surface area contributed by atoms with Crippen molar-refractivity contribution in [3.05, 3.63) is 34.5 Å². The summed E-state index contributed by atoms with van der Waals surface area (Å²) in [5, 5.41) is 2.46. The molecule has 0 spiro atoms. The first-order valence-corrected chi connectivity index (χ1v) is 3.54. The predicted molar refractivity (Wildman–Crippen MR) is 41.6 cm³/mol. The molecule has 13 heavy (non-hydrogen) atoms. The summed E-state index contributed by atoms with van der Waals surface area (Å²) in [6, 6.07) is 3.47. The van der Waals surface area contributed by atoms with Crippen molar-refractivity contribution in [2.75, 3.05) is 0 Å². The van der Waals surface area contributed by atoms with E-state index in [2.05, 4.69) is 5.18 Å². The van der Waals surface area contributed by atoms with E-state index in [4.69, 9.17) is 0 Å². The van der Waals surface area contributed by atoms with Gasteiger partial charge in [-0.05, 0) is 17.3 Å². The van der Waals surface area contributed by atoms with Gasteiger partial charge in [-0.15, -0.1) is 4.91 Å². The molecule has 0 bridgehead atoms. The zero-order chi connectivity index (χ0) is 9.84. The van der Waals surface area contributed by atoms with E-state index in [9.17, 15) is 18.1 Å². The Balaban J connectivity index is 3.07. The van der Waals surface area contributed by atoms with Crippen molar-refractivity contribution in [1.82, 2.24) is 0 Å². The van der Waals surface area contributed by atoms with Crippen LogP contribution >= 0.6 is 0 Å². The van der Waals surface area contributed by atoms with E-state index in [0.29, 0.717) is 0 Å². The van der Waals surface area contributed by atoms with Gasteiger partial charge >= 0.3 is 0 Å². The van der Waals surface area contributed by atoms with Crippen LogP contribution in [0.5, 0.6) is 0 Å². The molecular weight excluding hydrogens is 183 g/mol. The quantitative estimate of drug-likeness (QED) is 0.672. The number of rotatable bonds is 3. The zero-order valence-electron chi connectivity index (χ0n) is 6.51. The van der Waals surface area contributed by atoms with E-state index in [-0.39, 0.29) is 11.3 Å². The third kappa shape index (κ3) is 2.27. The number of halogens is 3. The van der Waals surface area contributed by atoms with Crippen molar-refractivity contribution in [2.24, 2.45) is 5.18 Å². The minimum Gasteiger partial charge on any atom is -0.210 e. The van der Waals surface area contributed by atoms with Gasteiger partial charge in [0.15, 0.2) is 0 Å². The summed E-state index contributed by atoms with van der Waals surface area (Å²) in [4.78, 5) is 10.1. The maximum Gasteiger partial charge on any atom is 0.242 e. The highest BCUT2D eigenvalue weighted by Crippen LogP contribution is 2.23. The van der Waals surface area contributed by atoms with Crippen molar-refractivity contribution in [1.29, 1.82) is 0 Å². The third-order valence-electron chi connectivity index (χ3n) is 1.55. The van der Waals surface area contributed by atoms with Gasteiger partial charge in [-0.3, -0.25) is 0 Å². The molecule has 1 aromatic rings. The second-order valence-electron chi connectivity index (χ2n) is 2.42. The minimum atomic E-state index is -2.68. The molecule has 5 heteroatoms. The summed E-state index contributed by atoms with van der Waals surface area (Å²) in [7, 11) is 0. The first-order chi connectivity index (χ1) is 6.15. The molecule has 0 saturated carbocycles. The molecule has 0 saturated heterocycles. The van der Waals surface area contributed by atoms with Gasteiger partial charge in [0.05, 0.1) is 0 Å². The van der Waals surface area contributed by atoms with Crippen LogP contribution in [0, 0.1) is 10.7 Å².